The molecule has 0 bridgehead atoms. The van der Waals surface area contributed by atoms with Crippen LogP contribution in [-0.2, 0) is 0 Å². The molecule has 0 unspecified atom stereocenters. The fraction of sp³-hybridized carbons (Fsp3) is 0.867. The summed E-state index contributed by atoms with van der Waals surface area (Å²) in [4.78, 5) is 2.23. The highest BCUT2D eigenvalue weighted by Crippen LogP contribution is 2.45. The summed E-state index contributed by atoms with van der Waals surface area (Å²) in [6.45, 7) is 3.30. The second kappa shape index (κ2) is 7.11. The predicted octanol–water partition coefficient (Wildman–Crippen LogP) is 2.12. The van der Waals surface area contributed by atoms with E-state index in [1.54, 1.807) is 0 Å². The van der Waals surface area contributed by atoms with E-state index < -0.39 is 0 Å². The minimum absolute atomic E-state index is 0.700. The Morgan fingerprint density at radius 2 is 2.00 bits per heavy atom. The molecule has 2 saturated carbocycles. The van der Waals surface area contributed by atoms with E-state index in [0.717, 1.165) is 30.5 Å². The van der Waals surface area contributed by atoms with Crippen molar-refractivity contribution in [2.75, 3.05) is 39.5 Å². The van der Waals surface area contributed by atoms with E-state index in [9.17, 15) is 0 Å². The summed E-state index contributed by atoms with van der Waals surface area (Å²) in [6, 6.07) is 0.700. The van der Waals surface area contributed by atoms with E-state index in [2.05, 4.69) is 39.1 Å². The van der Waals surface area contributed by atoms with Crippen LogP contribution < -0.4 is 5.32 Å². The Bertz CT molecular complexity index is 451. The van der Waals surface area contributed by atoms with E-state index in [1.807, 2.05) is 11.8 Å². The number of nitrogens with zero attached hydrogens (tertiary/aromatic N) is 4. The molecule has 5 nitrogen and oxygen atoms in total. The molecule has 0 amide bonds. The molecule has 0 atom stereocenters. The Hall–Kier alpha value is -0.590. The van der Waals surface area contributed by atoms with Gasteiger partial charge in [0.2, 0.25) is 0 Å². The van der Waals surface area contributed by atoms with Gasteiger partial charge in [-0.2, -0.15) is 0 Å². The van der Waals surface area contributed by atoms with Gasteiger partial charge in [0.25, 0.3) is 0 Å². The third-order valence-corrected chi connectivity index (χ3v) is 4.96. The van der Waals surface area contributed by atoms with Crippen molar-refractivity contribution in [2.45, 2.75) is 49.2 Å². The van der Waals surface area contributed by atoms with Gasteiger partial charge in [0.05, 0.1) is 0 Å². The highest BCUT2D eigenvalue weighted by Gasteiger charge is 2.36. The van der Waals surface area contributed by atoms with E-state index in [4.69, 9.17) is 0 Å². The molecule has 2 aliphatic rings. The van der Waals surface area contributed by atoms with Crippen molar-refractivity contribution in [3.8, 4) is 0 Å². The zero-order valence-corrected chi connectivity index (χ0v) is 14.0. The molecule has 6 heteroatoms. The van der Waals surface area contributed by atoms with Crippen molar-refractivity contribution in [1.29, 1.82) is 0 Å². The van der Waals surface area contributed by atoms with Gasteiger partial charge in [0.15, 0.2) is 5.16 Å². The summed E-state index contributed by atoms with van der Waals surface area (Å²) >= 11 is 1.86. The highest BCUT2D eigenvalue weighted by atomic mass is 32.2. The topological polar surface area (TPSA) is 46.0 Å². The second-order valence-electron chi connectivity index (χ2n) is 6.47. The van der Waals surface area contributed by atoms with Gasteiger partial charge in [-0.1, -0.05) is 11.8 Å². The molecule has 1 aromatic rings. The average Bonchev–Trinajstić information content (AvgIpc) is 3.36. The summed E-state index contributed by atoms with van der Waals surface area (Å²) < 4.78 is 2.44. The van der Waals surface area contributed by atoms with Crippen LogP contribution in [0.15, 0.2) is 5.16 Å². The van der Waals surface area contributed by atoms with E-state index in [0.29, 0.717) is 12.0 Å². The zero-order valence-electron chi connectivity index (χ0n) is 13.2. The van der Waals surface area contributed by atoms with E-state index in [-0.39, 0.29) is 0 Å². The fourth-order valence-electron chi connectivity index (χ4n) is 2.54. The predicted molar refractivity (Wildman–Crippen MR) is 87.0 cm³/mol. The first-order chi connectivity index (χ1) is 10.3. The molecule has 2 fully saturated rings. The summed E-state index contributed by atoms with van der Waals surface area (Å²) in [6.07, 6.45) is 6.45. The molecule has 1 heterocycles. The molecule has 0 spiro atoms. The Labute approximate surface area is 131 Å². The molecular formula is C15H27N5S. The third-order valence-electron chi connectivity index (χ3n) is 4.01. The van der Waals surface area contributed by atoms with Gasteiger partial charge in [-0.05, 0) is 59.3 Å². The maximum atomic E-state index is 4.45. The monoisotopic (exact) mass is 309 g/mol. The highest BCUT2D eigenvalue weighted by molar-refractivity contribution is 7.99. The molecule has 2 aliphatic carbocycles. The molecule has 0 aromatic carbocycles. The number of rotatable bonds is 10. The van der Waals surface area contributed by atoms with Crippen LogP contribution in [0.1, 0.15) is 49.9 Å². The minimum Gasteiger partial charge on any atom is -0.316 e. The first-order valence-corrected chi connectivity index (χ1v) is 9.17. The lowest BCUT2D eigenvalue weighted by Gasteiger charge is -2.10. The third kappa shape index (κ3) is 4.44. The first-order valence-electron chi connectivity index (χ1n) is 8.18. The maximum Gasteiger partial charge on any atom is 0.191 e. The normalized spacial score (nSPS) is 18.6. The van der Waals surface area contributed by atoms with Crippen LogP contribution in [0, 0.1) is 0 Å². The van der Waals surface area contributed by atoms with Crippen LogP contribution in [0.25, 0.3) is 0 Å². The Balaban J connectivity index is 1.39. The van der Waals surface area contributed by atoms with Crippen LogP contribution in [0.4, 0.5) is 0 Å². The molecular weight excluding hydrogens is 282 g/mol. The summed E-state index contributed by atoms with van der Waals surface area (Å²) in [5.74, 6) is 3.05. The summed E-state index contributed by atoms with van der Waals surface area (Å²) in [7, 11) is 4.25. The lowest BCUT2D eigenvalue weighted by atomic mass is 10.4. The van der Waals surface area contributed by atoms with Crippen molar-refractivity contribution in [1.82, 2.24) is 25.0 Å². The number of hydrogen-bond acceptors (Lipinski definition) is 5. The Kier molecular flexibility index (Phi) is 5.19. The summed E-state index contributed by atoms with van der Waals surface area (Å²) in [5, 5.41) is 13.6. The average molecular weight is 309 g/mol. The number of hydrogen-bond donors (Lipinski definition) is 1. The van der Waals surface area contributed by atoms with Gasteiger partial charge >= 0.3 is 0 Å². The zero-order chi connectivity index (χ0) is 14.7. The molecule has 21 heavy (non-hydrogen) atoms. The molecule has 3 rings (SSSR count). The van der Waals surface area contributed by atoms with E-state index >= 15 is 0 Å². The first kappa shape index (κ1) is 15.3. The van der Waals surface area contributed by atoms with Gasteiger partial charge in [-0.15, -0.1) is 10.2 Å². The van der Waals surface area contributed by atoms with Crippen molar-refractivity contribution in [3.63, 3.8) is 0 Å². The summed E-state index contributed by atoms with van der Waals surface area (Å²) in [5.41, 5.74) is 0. The Morgan fingerprint density at radius 1 is 1.19 bits per heavy atom. The molecule has 0 radical (unpaired) electrons. The Morgan fingerprint density at radius 3 is 2.67 bits per heavy atom. The van der Waals surface area contributed by atoms with Crippen molar-refractivity contribution < 1.29 is 0 Å². The van der Waals surface area contributed by atoms with Gasteiger partial charge in [0.1, 0.15) is 5.82 Å². The lowest BCUT2D eigenvalue weighted by molar-refractivity contribution is 0.396. The largest absolute Gasteiger partial charge is 0.316 e. The van der Waals surface area contributed by atoms with Gasteiger partial charge in [-0.25, -0.2) is 0 Å². The van der Waals surface area contributed by atoms with E-state index in [1.165, 1.54) is 37.9 Å². The smallest absolute Gasteiger partial charge is 0.191 e. The molecule has 0 saturated heterocycles. The van der Waals surface area contributed by atoms with Crippen molar-refractivity contribution >= 4 is 11.8 Å². The molecule has 0 aliphatic heterocycles. The number of nitrogens with one attached hydrogen (secondary N) is 1. The maximum absolute atomic E-state index is 4.45. The second-order valence-corrected chi connectivity index (χ2v) is 7.53. The van der Waals surface area contributed by atoms with Crippen LogP contribution in [0.2, 0.25) is 0 Å². The standard InChI is InChI=1S/C15H27N5S/c1-19(2)10-3-8-16-9-11-21-15-18-17-14(12-4-5-12)20(15)13-6-7-13/h12-13,16H,3-11H2,1-2H3. The van der Waals surface area contributed by atoms with Gasteiger partial charge < -0.3 is 14.8 Å². The van der Waals surface area contributed by atoms with Crippen LogP contribution in [0.5, 0.6) is 0 Å². The van der Waals surface area contributed by atoms with Crippen LogP contribution in [-0.4, -0.2) is 59.1 Å². The van der Waals surface area contributed by atoms with Crippen LogP contribution in [0.3, 0.4) is 0 Å². The minimum atomic E-state index is 0.700. The lowest BCUT2D eigenvalue weighted by Crippen LogP contribution is -2.23. The van der Waals surface area contributed by atoms with Gasteiger partial charge in [-0.3, -0.25) is 0 Å². The fourth-order valence-corrected chi connectivity index (χ4v) is 3.45. The van der Waals surface area contributed by atoms with Gasteiger partial charge in [0, 0.05) is 24.3 Å². The van der Waals surface area contributed by atoms with Crippen molar-refractivity contribution in [3.05, 3.63) is 5.82 Å². The molecule has 1 N–H and O–H groups in total. The quantitative estimate of drug-likeness (QED) is 0.530. The number of thioether (sulfide) groups is 1. The molecule has 118 valence electrons. The van der Waals surface area contributed by atoms with Crippen LogP contribution >= 0.6 is 11.8 Å². The molecule has 1 aromatic heterocycles. The number of aromatic nitrogens is 3. The SMILES string of the molecule is CN(C)CCCNCCSc1nnc(C2CC2)n1C1CC1. The van der Waals surface area contributed by atoms with Crippen molar-refractivity contribution in [2.24, 2.45) is 0 Å².